The van der Waals surface area contributed by atoms with Crippen LogP contribution < -0.4 is 5.32 Å². The van der Waals surface area contributed by atoms with E-state index in [-0.39, 0.29) is 5.91 Å². The summed E-state index contributed by atoms with van der Waals surface area (Å²) in [5.74, 6) is -0.290. The number of carbonyl (C=O) groups excluding carboxylic acids is 2. The molecule has 0 bridgehead atoms. The first-order chi connectivity index (χ1) is 11.3. The summed E-state index contributed by atoms with van der Waals surface area (Å²) in [4.78, 5) is 30.1. The highest BCUT2D eigenvalue weighted by molar-refractivity contribution is 5.85. The minimum Gasteiger partial charge on any atom is -0.444 e. The monoisotopic (exact) mass is 332 g/mol. The highest BCUT2D eigenvalue weighted by Gasteiger charge is 2.29. The van der Waals surface area contributed by atoms with Gasteiger partial charge in [0, 0.05) is 0 Å². The number of rotatable bonds is 4. The Morgan fingerprint density at radius 1 is 1.25 bits per heavy atom. The van der Waals surface area contributed by atoms with Gasteiger partial charge in [0.05, 0.1) is 6.54 Å². The molecule has 130 valence electrons. The molecular formula is C18H24N2O4. The van der Waals surface area contributed by atoms with Crippen molar-refractivity contribution in [3.8, 4) is 0 Å². The minimum atomic E-state index is -0.700. The molecule has 6 heteroatoms. The van der Waals surface area contributed by atoms with Crippen LogP contribution in [0.25, 0.3) is 0 Å². The molecule has 1 atom stereocenters. The molecule has 6 nitrogen and oxygen atoms in total. The third-order valence-electron chi connectivity index (χ3n) is 3.27. The summed E-state index contributed by atoms with van der Waals surface area (Å²) in [5.41, 5.74) is 0.354. The van der Waals surface area contributed by atoms with Crippen LogP contribution in [0, 0.1) is 0 Å². The first-order valence-corrected chi connectivity index (χ1v) is 7.98. The van der Waals surface area contributed by atoms with Crippen molar-refractivity contribution < 1.29 is 19.2 Å². The molecule has 0 fully saturated rings. The number of amides is 2. The van der Waals surface area contributed by atoms with Crippen molar-refractivity contribution >= 4 is 12.0 Å². The molecule has 0 saturated heterocycles. The first kappa shape index (κ1) is 18.0. The van der Waals surface area contributed by atoms with Gasteiger partial charge in [-0.05, 0) is 32.8 Å². The average molecular weight is 332 g/mol. The highest BCUT2D eigenvalue weighted by atomic mass is 16.7. The Morgan fingerprint density at radius 3 is 2.62 bits per heavy atom. The molecule has 2 amide bonds. The van der Waals surface area contributed by atoms with E-state index in [0.29, 0.717) is 19.6 Å². The van der Waals surface area contributed by atoms with E-state index in [0.717, 1.165) is 5.56 Å². The van der Waals surface area contributed by atoms with Crippen LogP contribution in [0.4, 0.5) is 4.79 Å². The Balaban J connectivity index is 1.94. The fraction of sp³-hybridized carbons (Fsp3) is 0.444. The van der Waals surface area contributed by atoms with Crippen LogP contribution in [-0.2, 0) is 21.0 Å². The van der Waals surface area contributed by atoms with Crippen LogP contribution in [0.15, 0.2) is 42.5 Å². The Kier molecular flexibility index (Phi) is 5.98. The normalized spacial score (nSPS) is 18.2. The third kappa shape index (κ3) is 5.70. The zero-order chi connectivity index (χ0) is 17.6. The number of hydroxylamine groups is 2. The maximum absolute atomic E-state index is 12.6. The standard InChI is InChI=1S/C18H24N2O4/c1-18(2,3)24-17(22)19-15-11-7-8-12-20(16(15)21)23-13-14-9-5-4-6-10-14/h4-10,15H,11-13H2,1-3H3,(H,19,22)/t15-/m1/s1. The molecule has 0 aliphatic carbocycles. The molecule has 2 rings (SSSR count). The van der Waals surface area contributed by atoms with Crippen molar-refractivity contribution in [1.82, 2.24) is 10.4 Å². The van der Waals surface area contributed by atoms with Gasteiger partial charge < -0.3 is 10.1 Å². The molecule has 0 saturated carbocycles. The van der Waals surface area contributed by atoms with Crippen molar-refractivity contribution in [1.29, 1.82) is 0 Å². The number of benzene rings is 1. The second-order valence-corrected chi connectivity index (χ2v) is 6.56. The number of nitrogens with zero attached hydrogens (tertiary/aromatic N) is 1. The van der Waals surface area contributed by atoms with Crippen LogP contribution in [-0.4, -0.2) is 35.3 Å². The fourth-order valence-corrected chi connectivity index (χ4v) is 2.18. The largest absolute Gasteiger partial charge is 0.444 e. The van der Waals surface area contributed by atoms with Crippen molar-refractivity contribution in [2.75, 3.05) is 6.54 Å². The van der Waals surface area contributed by atoms with Crippen LogP contribution in [0.5, 0.6) is 0 Å². The lowest BCUT2D eigenvalue weighted by Crippen LogP contribution is -2.48. The zero-order valence-electron chi connectivity index (χ0n) is 14.3. The summed E-state index contributed by atoms with van der Waals surface area (Å²) < 4.78 is 5.21. The summed E-state index contributed by atoms with van der Waals surface area (Å²) >= 11 is 0. The molecule has 0 aromatic heterocycles. The number of hydrogen-bond donors (Lipinski definition) is 1. The van der Waals surface area contributed by atoms with Crippen molar-refractivity contribution in [2.24, 2.45) is 0 Å². The molecule has 1 aliphatic heterocycles. The molecule has 1 aliphatic rings. The predicted octanol–water partition coefficient (Wildman–Crippen LogP) is 2.80. The summed E-state index contributed by atoms with van der Waals surface area (Å²) in [7, 11) is 0. The van der Waals surface area contributed by atoms with E-state index in [2.05, 4.69) is 5.32 Å². The number of alkyl carbamates (subject to hydrolysis) is 1. The molecule has 1 heterocycles. The fourth-order valence-electron chi connectivity index (χ4n) is 2.18. The molecule has 0 spiro atoms. The SMILES string of the molecule is CC(C)(C)OC(=O)N[C@@H]1CC=CCN(OCc2ccccc2)C1=O. The van der Waals surface area contributed by atoms with Crippen LogP contribution in [0.3, 0.4) is 0 Å². The van der Waals surface area contributed by atoms with Gasteiger partial charge >= 0.3 is 6.09 Å². The Bertz CT molecular complexity index is 593. The lowest BCUT2D eigenvalue weighted by Gasteiger charge is -2.25. The molecule has 24 heavy (non-hydrogen) atoms. The summed E-state index contributed by atoms with van der Waals surface area (Å²) in [6, 6.07) is 8.90. The quantitative estimate of drug-likeness (QED) is 0.861. The lowest BCUT2D eigenvalue weighted by atomic mass is 10.2. The van der Waals surface area contributed by atoms with Gasteiger partial charge in [0.2, 0.25) is 0 Å². The lowest BCUT2D eigenvalue weighted by molar-refractivity contribution is -0.189. The van der Waals surface area contributed by atoms with E-state index in [1.54, 1.807) is 20.8 Å². The minimum absolute atomic E-state index is 0.290. The van der Waals surface area contributed by atoms with E-state index in [1.807, 2.05) is 42.5 Å². The molecule has 0 unspecified atom stereocenters. The summed E-state index contributed by atoms with van der Waals surface area (Å²) in [6.07, 6.45) is 3.49. The zero-order valence-corrected chi connectivity index (χ0v) is 14.3. The van der Waals surface area contributed by atoms with Crippen molar-refractivity contribution in [3.05, 3.63) is 48.0 Å². The van der Waals surface area contributed by atoms with E-state index in [1.165, 1.54) is 5.06 Å². The number of carbonyl (C=O) groups is 2. The van der Waals surface area contributed by atoms with Gasteiger partial charge in [-0.3, -0.25) is 9.63 Å². The highest BCUT2D eigenvalue weighted by Crippen LogP contribution is 2.12. The Labute approximate surface area is 142 Å². The van der Waals surface area contributed by atoms with Crippen LogP contribution in [0.2, 0.25) is 0 Å². The maximum atomic E-state index is 12.6. The van der Waals surface area contributed by atoms with Gasteiger partial charge in [-0.25, -0.2) is 9.86 Å². The average Bonchev–Trinajstić information content (AvgIpc) is 2.67. The molecule has 1 aromatic carbocycles. The van der Waals surface area contributed by atoms with Crippen LogP contribution >= 0.6 is 0 Å². The first-order valence-electron chi connectivity index (χ1n) is 7.98. The van der Waals surface area contributed by atoms with Gasteiger partial charge in [0.25, 0.3) is 5.91 Å². The van der Waals surface area contributed by atoms with Gasteiger partial charge in [0.15, 0.2) is 0 Å². The maximum Gasteiger partial charge on any atom is 0.408 e. The predicted molar refractivity (Wildman–Crippen MR) is 89.9 cm³/mol. The second kappa shape index (κ2) is 7.97. The Hall–Kier alpha value is -2.34. The Morgan fingerprint density at radius 2 is 1.96 bits per heavy atom. The van der Waals surface area contributed by atoms with E-state index in [4.69, 9.17) is 9.57 Å². The number of nitrogens with one attached hydrogen (secondary N) is 1. The van der Waals surface area contributed by atoms with E-state index < -0.39 is 17.7 Å². The molecule has 1 aromatic rings. The summed E-state index contributed by atoms with van der Waals surface area (Å²) in [6.45, 7) is 5.96. The molecule has 1 N–H and O–H groups in total. The van der Waals surface area contributed by atoms with Gasteiger partial charge in [-0.2, -0.15) is 0 Å². The number of ether oxygens (including phenoxy) is 1. The number of hydrogen-bond acceptors (Lipinski definition) is 4. The molecule has 0 radical (unpaired) electrons. The third-order valence-corrected chi connectivity index (χ3v) is 3.27. The van der Waals surface area contributed by atoms with E-state index in [9.17, 15) is 9.59 Å². The van der Waals surface area contributed by atoms with Gasteiger partial charge in [0.1, 0.15) is 18.2 Å². The summed E-state index contributed by atoms with van der Waals surface area (Å²) in [5, 5.41) is 3.89. The van der Waals surface area contributed by atoms with E-state index >= 15 is 0 Å². The van der Waals surface area contributed by atoms with Gasteiger partial charge in [-0.1, -0.05) is 42.5 Å². The second-order valence-electron chi connectivity index (χ2n) is 6.56. The van der Waals surface area contributed by atoms with Crippen LogP contribution in [0.1, 0.15) is 32.8 Å². The topological polar surface area (TPSA) is 67.9 Å². The van der Waals surface area contributed by atoms with Crippen molar-refractivity contribution in [2.45, 2.75) is 45.4 Å². The smallest absolute Gasteiger partial charge is 0.408 e. The van der Waals surface area contributed by atoms with Gasteiger partial charge in [-0.15, -0.1) is 0 Å². The molecular weight excluding hydrogens is 308 g/mol. The van der Waals surface area contributed by atoms with Crippen molar-refractivity contribution in [3.63, 3.8) is 0 Å².